The highest BCUT2D eigenvalue weighted by Crippen LogP contribution is 2.25. The van der Waals surface area contributed by atoms with Crippen molar-refractivity contribution in [1.29, 1.82) is 0 Å². The van der Waals surface area contributed by atoms with E-state index in [1.165, 1.54) is 19.3 Å². The van der Waals surface area contributed by atoms with Crippen LogP contribution < -0.4 is 11.1 Å². The standard InChI is InChI=1S/C14H26N2O2.ClH/c15-10-11-4-3-6-13(11)16-14(17)8-7-12-5-1-2-9-18-12;/h11-13H,1-10,15H2,(H,16,17);1H. The van der Waals surface area contributed by atoms with Gasteiger partial charge in [-0.05, 0) is 51.0 Å². The van der Waals surface area contributed by atoms with E-state index in [0.29, 0.717) is 31.0 Å². The maximum Gasteiger partial charge on any atom is 0.220 e. The quantitative estimate of drug-likeness (QED) is 0.814. The number of hydrogen-bond acceptors (Lipinski definition) is 3. The Morgan fingerprint density at radius 1 is 1.21 bits per heavy atom. The van der Waals surface area contributed by atoms with Crippen LogP contribution in [-0.4, -0.2) is 31.2 Å². The molecule has 1 saturated carbocycles. The molecule has 112 valence electrons. The summed E-state index contributed by atoms with van der Waals surface area (Å²) in [5.41, 5.74) is 5.72. The van der Waals surface area contributed by atoms with E-state index in [1.807, 2.05) is 0 Å². The lowest BCUT2D eigenvalue weighted by atomic mass is 10.0. The summed E-state index contributed by atoms with van der Waals surface area (Å²) in [5, 5.41) is 3.14. The van der Waals surface area contributed by atoms with Crippen molar-refractivity contribution in [2.24, 2.45) is 11.7 Å². The average molecular weight is 291 g/mol. The molecule has 1 saturated heterocycles. The zero-order chi connectivity index (χ0) is 12.8. The number of nitrogens with two attached hydrogens (primary N) is 1. The second-order valence-corrected chi connectivity index (χ2v) is 5.63. The average Bonchev–Trinajstić information content (AvgIpc) is 2.85. The summed E-state index contributed by atoms with van der Waals surface area (Å²) in [6.45, 7) is 1.56. The molecule has 1 heterocycles. The summed E-state index contributed by atoms with van der Waals surface area (Å²) < 4.78 is 5.64. The van der Waals surface area contributed by atoms with Gasteiger partial charge >= 0.3 is 0 Å². The first kappa shape index (κ1) is 16.7. The van der Waals surface area contributed by atoms with Gasteiger partial charge in [0, 0.05) is 19.1 Å². The second kappa shape index (κ2) is 8.77. The van der Waals surface area contributed by atoms with Crippen LogP contribution in [0.2, 0.25) is 0 Å². The van der Waals surface area contributed by atoms with Gasteiger partial charge in [0.25, 0.3) is 0 Å². The first-order valence-electron chi connectivity index (χ1n) is 7.40. The topological polar surface area (TPSA) is 64.3 Å². The molecule has 0 aromatic carbocycles. The number of nitrogens with one attached hydrogen (secondary N) is 1. The summed E-state index contributed by atoms with van der Waals surface area (Å²) in [6, 6.07) is 0.315. The minimum absolute atomic E-state index is 0. The minimum Gasteiger partial charge on any atom is -0.378 e. The van der Waals surface area contributed by atoms with Crippen molar-refractivity contribution in [3.63, 3.8) is 0 Å². The molecule has 4 nitrogen and oxygen atoms in total. The number of carbonyl (C=O) groups excluding carboxylic acids is 1. The molecule has 5 heteroatoms. The Morgan fingerprint density at radius 3 is 2.74 bits per heavy atom. The molecule has 2 rings (SSSR count). The van der Waals surface area contributed by atoms with Crippen molar-refractivity contribution >= 4 is 18.3 Å². The minimum atomic E-state index is 0. The Labute approximate surface area is 122 Å². The van der Waals surface area contributed by atoms with Crippen molar-refractivity contribution in [3.05, 3.63) is 0 Å². The summed E-state index contributed by atoms with van der Waals surface area (Å²) in [7, 11) is 0. The zero-order valence-electron chi connectivity index (χ0n) is 11.6. The van der Waals surface area contributed by atoms with Crippen molar-refractivity contribution < 1.29 is 9.53 Å². The lowest BCUT2D eigenvalue weighted by molar-refractivity contribution is -0.123. The second-order valence-electron chi connectivity index (χ2n) is 5.63. The Balaban J connectivity index is 0.00000180. The predicted octanol–water partition coefficient (Wildman–Crippen LogP) is 2.00. The van der Waals surface area contributed by atoms with E-state index in [4.69, 9.17) is 10.5 Å². The van der Waals surface area contributed by atoms with Crippen molar-refractivity contribution in [2.45, 2.75) is 63.5 Å². The highest BCUT2D eigenvalue weighted by Gasteiger charge is 2.27. The first-order chi connectivity index (χ1) is 8.79. The van der Waals surface area contributed by atoms with Gasteiger partial charge in [-0.3, -0.25) is 4.79 Å². The molecule has 3 N–H and O–H groups in total. The van der Waals surface area contributed by atoms with Crippen LogP contribution in [0.4, 0.5) is 0 Å². The third-order valence-corrected chi connectivity index (χ3v) is 4.28. The van der Waals surface area contributed by atoms with Gasteiger partial charge in [-0.15, -0.1) is 12.4 Å². The lowest BCUT2D eigenvalue weighted by Crippen LogP contribution is -2.40. The van der Waals surface area contributed by atoms with Gasteiger partial charge in [0.05, 0.1) is 6.10 Å². The molecule has 0 spiro atoms. The van der Waals surface area contributed by atoms with Crippen LogP contribution in [0.5, 0.6) is 0 Å². The number of amides is 1. The van der Waals surface area contributed by atoms with Crippen LogP contribution in [0.1, 0.15) is 51.4 Å². The first-order valence-corrected chi connectivity index (χ1v) is 7.40. The summed E-state index contributed by atoms with van der Waals surface area (Å²) in [4.78, 5) is 11.9. The Morgan fingerprint density at radius 2 is 2.05 bits per heavy atom. The highest BCUT2D eigenvalue weighted by molar-refractivity contribution is 5.85. The Bertz CT molecular complexity index is 270. The molecular weight excluding hydrogens is 264 g/mol. The number of ether oxygens (including phenoxy) is 1. The molecule has 2 fully saturated rings. The molecule has 3 atom stereocenters. The molecule has 1 aliphatic heterocycles. The fraction of sp³-hybridized carbons (Fsp3) is 0.929. The Hall–Kier alpha value is -0.320. The van der Waals surface area contributed by atoms with Crippen LogP contribution in [-0.2, 0) is 9.53 Å². The molecule has 0 bridgehead atoms. The van der Waals surface area contributed by atoms with Gasteiger partial charge < -0.3 is 15.8 Å². The highest BCUT2D eigenvalue weighted by atomic mass is 35.5. The van der Waals surface area contributed by atoms with Crippen molar-refractivity contribution in [3.8, 4) is 0 Å². The Kier molecular flexibility index (Phi) is 7.73. The number of hydrogen-bond donors (Lipinski definition) is 2. The van der Waals surface area contributed by atoms with Crippen LogP contribution in [0, 0.1) is 5.92 Å². The molecule has 0 radical (unpaired) electrons. The normalized spacial score (nSPS) is 30.7. The molecule has 19 heavy (non-hydrogen) atoms. The maximum atomic E-state index is 11.9. The van der Waals surface area contributed by atoms with Gasteiger partial charge in [0.2, 0.25) is 5.91 Å². The van der Waals surface area contributed by atoms with Gasteiger partial charge in [0.15, 0.2) is 0 Å². The number of carbonyl (C=O) groups is 1. The predicted molar refractivity (Wildman–Crippen MR) is 78.4 cm³/mol. The van der Waals surface area contributed by atoms with Crippen LogP contribution in [0.25, 0.3) is 0 Å². The maximum absolute atomic E-state index is 11.9. The largest absolute Gasteiger partial charge is 0.378 e. The molecule has 1 amide bonds. The fourth-order valence-electron chi connectivity index (χ4n) is 3.12. The van der Waals surface area contributed by atoms with Gasteiger partial charge in [-0.1, -0.05) is 6.42 Å². The molecule has 3 unspecified atom stereocenters. The lowest BCUT2D eigenvalue weighted by Gasteiger charge is -2.23. The summed E-state index contributed by atoms with van der Waals surface area (Å²) in [6.07, 6.45) is 8.73. The molecular formula is C14H27ClN2O2. The van der Waals surface area contributed by atoms with Crippen molar-refractivity contribution in [2.75, 3.05) is 13.2 Å². The fourth-order valence-corrected chi connectivity index (χ4v) is 3.12. The van der Waals surface area contributed by atoms with E-state index in [1.54, 1.807) is 0 Å². The van der Waals surface area contributed by atoms with E-state index in [-0.39, 0.29) is 18.3 Å². The van der Waals surface area contributed by atoms with Gasteiger partial charge in [-0.2, -0.15) is 0 Å². The van der Waals surface area contributed by atoms with E-state index < -0.39 is 0 Å². The smallest absolute Gasteiger partial charge is 0.220 e. The van der Waals surface area contributed by atoms with E-state index >= 15 is 0 Å². The van der Waals surface area contributed by atoms with Gasteiger partial charge in [0.1, 0.15) is 0 Å². The van der Waals surface area contributed by atoms with E-state index in [9.17, 15) is 4.79 Å². The monoisotopic (exact) mass is 290 g/mol. The summed E-state index contributed by atoms with van der Waals surface area (Å²) >= 11 is 0. The third kappa shape index (κ3) is 5.28. The van der Waals surface area contributed by atoms with Crippen LogP contribution in [0.3, 0.4) is 0 Å². The number of rotatable bonds is 5. The molecule has 1 aliphatic carbocycles. The van der Waals surface area contributed by atoms with Crippen LogP contribution >= 0.6 is 12.4 Å². The third-order valence-electron chi connectivity index (χ3n) is 4.28. The zero-order valence-corrected chi connectivity index (χ0v) is 12.4. The summed E-state index contributed by atoms with van der Waals surface area (Å²) in [5.74, 6) is 0.661. The van der Waals surface area contributed by atoms with E-state index in [0.717, 1.165) is 32.3 Å². The molecule has 0 aromatic rings. The van der Waals surface area contributed by atoms with Crippen molar-refractivity contribution in [1.82, 2.24) is 5.32 Å². The SMILES string of the molecule is Cl.NCC1CCCC1NC(=O)CCC1CCCCO1. The molecule has 2 aliphatic rings. The van der Waals surface area contributed by atoms with E-state index in [2.05, 4.69) is 5.32 Å². The van der Waals surface area contributed by atoms with Gasteiger partial charge in [-0.25, -0.2) is 0 Å². The molecule has 0 aromatic heterocycles. The number of halogens is 1. The van der Waals surface area contributed by atoms with Crippen LogP contribution in [0.15, 0.2) is 0 Å².